The van der Waals surface area contributed by atoms with Crippen LogP contribution in [0, 0.1) is 0 Å². The molecule has 2 aliphatic rings. The molecule has 0 aliphatic carbocycles. The van der Waals surface area contributed by atoms with Crippen LogP contribution in [0.3, 0.4) is 0 Å². The monoisotopic (exact) mass is 261 g/mol. The molecule has 2 unspecified atom stereocenters. The topological polar surface area (TPSA) is 27.7 Å². The van der Waals surface area contributed by atoms with Crippen molar-refractivity contribution in [3.63, 3.8) is 0 Å². The summed E-state index contributed by atoms with van der Waals surface area (Å²) in [6.45, 7) is 7.17. The molecule has 4 heteroatoms. The SMILES string of the molecule is CC1CNc2ccccc2N1CC1CN(C)CCO1. The van der Waals surface area contributed by atoms with E-state index >= 15 is 0 Å². The lowest BCUT2D eigenvalue weighted by Gasteiger charge is -2.41. The van der Waals surface area contributed by atoms with E-state index in [0.29, 0.717) is 12.1 Å². The highest BCUT2D eigenvalue weighted by molar-refractivity contribution is 5.72. The van der Waals surface area contributed by atoms with Crippen molar-refractivity contribution in [1.82, 2.24) is 4.90 Å². The van der Waals surface area contributed by atoms with Crippen LogP contribution in [0.25, 0.3) is 0 Å². The third-order valence-electron chi connectivity index (χ3n) is 4.08. The lowest BCUT2D eigenvalue weighted by atomic mass is 10.1. The van der Waals surface area contributed by atoms with Crippen molar-refractivity contribution in [1.29, 1.82) is 0 Å². The second-order valence-electron chi connectivity index (χ2n) is 5.65. The van der Waals surface area contributed by atoms with Crippen LogP contribution in [0.2, 0.25) is 0 Å². The highest BCUT2D eigenvalue weighted by Crippen LogP contribution is 2.31. The normalized spacial score (nSPS) is 27.8. The molecule has 1 saturated heterocycles. The maximum absolute atomic E-state index is 5.91. The van der Waals surface area contributed by atoms with Crippen LogP contribution < -0.4 is 10.2 Å². The molecule has 0 amide bonds. The Hall–Kier alpha value is -1.26. The zero-order valence-electron chi connectivity index (χ0n) is 11.8. The molecule has 1 aromatic carbocycles. The van der Waals surface area contributed by atoms with E-state index in [1.54, 1.807) is 0 Å². The van der Waals surface area contributed by atoms with Crippen molar-refractivity contribution in [2.75, 3.05) is 50.1 Å². The van der Waals surface area contributed by atoms with E-state index in [1.165, 1.54) is 11.4 Å². The van der Waals surface area contributed by atoms with Gasteiger partial charge in [-0.2, -0.15) is 0 Å². The number of morpholine rings is 1. The Labute approximate surface area is 115 Å². The fourth-order valence-electron chi connectivity index (χ4n) is 2.95. The van der Waals surface area contributed by atoms with Gasteiger partial charge in [-0.25, -0.2) is 0 Å². The van der Waals surface area contributed by atoms with Gasteiger partial charge in [0.15, 0.2) is 0 Å². The van der Waals surface area contributed by atoms with Crippen molar-refractivity contribution in [3.8, 4) is 0 Å². The number of para-hydroxylation sites is 2. The summed E-state index contributed by atoms with van der Waals surface area (Å²) in [5.74, 6) is 0. The molecule has 104 valence electrons. The number of benzene rings is 1. The summed E-state index contributed by atoms with van der Waals surface area (Å²) in [4.78, 5) is 4.84. The van der Waals surface area contributed by atoms with Gasteiger partial charge in [-0.1, -0.05) is 12.1 Å². The molecule has 1 fully saturated rings. The Balaban J connectivity index is 1.76. The van der Waals surface area contributed by atoms with Crippen LogP contribution in [0.4, 0.5) is 11.4 Å². The molecule has 0 spiro atoms. The third-order valence-corrected chi connectivity index (χ3v) is 4.08. The van der Waals surface area contributed by atoms with Gasteiger partial charge in [-0.05, 0) is 26.1 Å². The molecule has 1 N–H and O–H groups in total. The molecule has 0 saturated carbocycles. The molecule has 19 heavy (non-hydrogen) atoms. The quantitative estimate of drug-likeness (QED) is 0.876. The molecule has 0 bridgehead atoms. The number of ether oxygens (including phenoxy) is 1. The number of anilines is 2. The van der Waals surface area contributed by atoms with Gasteiger partial charge < -0.3 is 19.9 Å². The predicted molar refractivity (Wildman–Crippen MR) is 79.0 cm³/mol. The van der Waals surface area contributed by atoms with Gasteiger partial charge in [-0.3, -0.25) is 0 Å². The molecular weight excluding hydrogens is 238 g/mol. The first-order valence-corrected chi connectivity index (χ1v) is 7.14. The maximum atomic E-state index is 5.91. The van der Waals surface area contributed by atoms with Crippen molar-refractivity contribution < 1.29 is 4.74 Å². The summed E-state index contributed by atoms with van der Waals surface area (Å²) in [5.41, 5.74) is 2.54. The average molecular weight is 261 g/mol. The van der Waals surface area contributed by atoms with E-state index in [1.807, 2.05) is 0 Å². The fourth-order valence-corrected chi connectivity index (χ4v) is 2.95. The van der Waals surface area contributed by atoms with Crippen LogP contribution in [-0.4, -0.2) is 56.9 Å². The number of hydrogen-bond acceptors (Lipinski definition) is 4. The van der Waals surface area contributed by atoms with Gasteiger partial charge in [0.2, 0.25) is 0 Å². The molecule has 4 nitrogen and oxygen atoms in total. The van der Waals surface area contributed by atoms with Crippen LogP contribution in [-0.2, 0) is 4.74 Å². The number of hydrogen-bond donors (Lipinski definition) is 1. The lowest BCUT2D eigenvalue weighted by Crippen LogP contribution is -2.51. The number of nitrogens with zero attached hydrogens (tertiary/aromatic N) is 2. The third kappa shape index (κ3) is 2.69. The van der Waals surface area contributed by atoms with E-state index in [-0.39, 0.29) is 0 Å². The smallest absolute Gasteiger partial charge is 0.0877 e. The minimum atomic E-state index is 0.312. The molecule has 1 aromatic rings. The Morgan fingerprint density at radius 2 is 2.21 bits per heavy atom. The first kappa shape index (κ1) is 12.8. The van der Waals surface area contributed by atoms with Crippen molar-refractivity contribution in [2.45, 2.75) is 19.1 Å². The zero-order valence-corrected chi connectivity index (χ0v) is 11.8. The second kappa shape index (κ2) is 5.39. The highest BCUT2D eigenvalue weighted by atomic mass is 16.5. The summed E-state index contributed by atoms with van der Waals surface area (Å²) in [7, 11) is 2.17. The predicted octanol–water partition coefficient (Wildman–Crippen LogP) is 1.64. The Bertz CT molecular complexity index is 437. The molecule has 2 atom stereocenters. The summed E-state index contributed by atoms with van der Waals surface area (Å²) >= 11 is 0. The standard InChI is InChI=1S/C15H23N3O/c1-12-9-16-14-5-3-4-6-15(14)18(12)11-13-10-17(2)7-8-19-13/h3-6,12-13,16H,7-11H2,1-2H3. The van der Waals surface area contributed by atoms with Gasteiger partial charge in [0.25, 0.3) is 0 Å². The zero-order chi connectivity index (χ0) is 13.2. The number of rotatable bonds is 2. The minimum Gasteiger partial charge on any atom is -0.381 e. The summed E-state index contributed by atoms with van der Waals surface area (Å²) < 4.78 is 5.91. The van der Waals surface area contributed by atoms with Gasteiger partial charge in [0.1, 0.15) is 0 Å². The van der Waals surface area contributed by atoms with Crippen LogP contribution in [0.1, 0.15) is 6.92 Å². The van der Waals surface area contributed by atoms with Gasteiger partial charge >= 0.3 is 0 Å². The van der Waals surface area contributed by atoms with E-state index in [2.05, 4.69) is 53.4 Å². The Morgan fingerprint density at radius 1 is 1.37 bits per heavy atom. The molecule has 2 aliphatic heterocycles. The highest BCUT2D eigenvalue weighted by Gasteiger charge is 2.27. The second-order valence-corrected chi connectivity index (χ2v) is 5.65. The van der Waals surface area contributed by atoms with Gasteiger partial charge in [0, 0.05) is 32.2 Å². The number of likely N-dealkylation sites (N-methyl/N-ethyl adjacent to an activating group) is 1. The fraction of sp³-hybridized carbons (Fsp3) is 0.600. The van der Waals surface area contributed by atoms with Crippen molar-refractivity contribution in [2.24, 2.45) is 0 Å². The van der Waals surface area contributed by atoms with E-state index in [4.69, 9.17) is 4.74 Å². The Morgan fingerprint density at radius 3 is 3.05 bits per heavy atom. The number of nitrogens with one attached hydrogen (secondary N) is 1. The molecule has 0 radical (unpaired) electrons. The van der Waals surface area contributed by atoms with Crippen LogP contribution in [0.15, 0.2) is 24.3 Å². The molecule has 3 rings (SSSR count). The minimum absolute atomic E-state index is 0.312. The van der Waals surface area contributed by atoms with Gasteiger partial charge in [-0.15, -0.1) is 0 Å². The number of fused-ring (bicyclic) bond motifs is 1. The summed E-state index contributed by atoms with van der Waals surface area (Å²) in [5, 5.41) is 3.50. The largest absolute Gasteiger partial charge is 0.381 e. The van der Waals surface area contributed by atoms with Crippen LogP contribution in [0.5, 0.6) is 0 Å². The van der Waals surface area contributed by atoms with E-state index < -0.39 is 0 Å². The lowest BCUT2D eigenvalue weighted by molar-refractivity contribution is -0.0154. The van der Waals surface area contributed by atoms with E-state index in [9.17, 15) is 0 Å². The average Bonchev–Trinajstić information content (AvgIpc) is 2.42. The van der Waals surface area contributed by atoms with Crippen LogP contribution >= 0.6 is 0 Å². The Kier molecular flexibility index (Phi) is 3.62. The summed E-state index contributed by atoms with van der Waals surface area (Å²) in [6, 6.07) is 9.06. The van der Waals surface area contributed by atoms with Crippen molar-refractivity contribution in [3.05, 3.63) is 24.3 Å². The van der Waals surface area contributed by atoms with E-state index in [0.717, 1.165) is 32.8 Å². The van der Waals surface area contributed by atoms with Gasteiger partial charge in [0.05, 0.1) is 24.1 Å². The first-order chi connectivity index (χ1) is 9.24. The molecule has 2 heterocycles. The summed E-state index contributed by atoms with van der Waals surface area (Å²) in [6.07, 6.45) is 0.312. The molecular formula is C15H23N3O. The molecule has 0 aromatic heterocycles. The van der Waals surface area contributed by atoms with Crippen molar-refractivity contribution >= 4 is 11.4 Å². The maximum Gasteiger partial charge on any atom is 0.0877 e. The first-order valence-electron chi connectivity index (χ1n) is 7.14.